The van der Waals surface area contributed by atoms with Crippen LogP contribution in [0.1, 0.15) is 18.1 Å². The minimum Gasteiger partial charge on any atom is -0.508 e. The average Bonchev–Trinajstić information content (AvgIpc) is 2.42. The fraction of sp³-hybridized carbons (Fsp3) is 0.188. The second kappa shape index (κ2) is 5.92. The largest absolute Gasteiger partial charge is 0.508 e. The summed E-state index contributed by atoms with van der Waals surface area (Å²) in [6, 6.07) is 17.0. The summed E-state index contributed by atoms with van der Waals surface area (Å²) in [7, 11) is 0. The van der Waals surface area contributed by atoms with Gasteiger partial charge in [0, 0.05) is 11.7 Å². The molecule has 96 valence electrons. The Kier molecular flexibility index (Phi) is 4.04. The number of hydrogen-bond donors (Lipinski definition) is 2. The van der Waals surface area contributed by atoms with E-state index in [9.17, 15) is 5.11 Å². The molecule has 2 aromatic rings. The van der Waals surface area contributed by atoms with Gasteiger partial charge in [-0.1, -0.05) is 12.1 Å². The predicted molar refractivity (Wildman–Crippen MR) is 76.1 cm³/mol. The molecular formula is C16H16N2O. The second-order valence-corrected chi connectivity index (χ2v) is 4.61. The van der Waals surface area contributed by atoms with Gasteiger partial charge in [0.1, 0.15) is 5.75 Å². The van der Waals surface area contributed by atoms with Crippen molar-refractivity contribution in [2.75, 3.05) is 5.32 Å². The van der Waals surface area contributed by atoms with Crippen LogP contribution >= 0.6 is 0 Å². The summed E-state index contributed by atoms with van der Waals surface area (Å²) in [5, 5.41) is 21.4. The summed E-state index contributed by atoms with van der Waals surface area (Å²) < 4.78 is 0. The lowest BCUT2D eigenvalue weighted by Crippen LogP contribution is -2.17. The van der Waals surface area contributed by atoms with Crippen molar-refractivity contribution in [2.24, 2.45) is 0 Å². The van der Waals surface area contributed by atoms with Gasteiger partial charge in [-0.2, -0.15) is 5.26 Å². The topological polar surface area (TPSA) is 56.0 Å². The Bertz CT molecular complexity index is 567. The maximum Gasteiger partial charge on any atom is 0.115 e. The van der Waals surface area contributed by atoms with Crippen molar-refractivity contribution >= 4 is 5.69 Å². The van der Waals surface area contributed by atoms with E-state index in [1.54, 1.807) is 24.3 Å². The number of rotatable bonds is 4. The number of aromatic hydroxyl groups is 1. The van der Waals surface area contributed by atoms with Crippen LogP contribution in [0.25, 0.3) is 0 Å². The van der Waals surface area contributed by atoms with E-state index in [2.05, 4.69) is 18.3 Å². The highest BCUT2D eigenvalue weighted by atomic mass is 16.3. The van der Waals surface area contributed by atoms with Crippen molar-refractivity contribution in [3.63, 3.8) is 0 Å². The summed E-state index contributed by atoms with van der Waals surface area (Å²) in [5.74, 6) is 0.288. The number of hydrogen-bond acceptors (Lipinski definition) is 3. The van der Waals surface area contributed by atoms with Crippen molar-refractivity contribution in [3.8, 4) is 11.8 Å². The summed E-state index contributed by atoms with van der Waals surface area (Å²) in [5.41, 5.74) is 2.84. The number of benzene rings is 2. The first-order valence-corrected chi connectivity index (χ1v) is 6.22. The highest BCUT2D eigenvalue weighted by Crippen LogP contribution is 2.14. The molecule has 0 bridgehead atoms. The van der Waals surface area contributed by atoms with Crippen LogP contribution in [0.2, 0.25) is 0 Å². The molecule has 0 heterocycles. The zero-order valence-electron chi connectivity index (χ0n) is 10.8. The molecule has 0 aliphatic heterocycles. The van der Waals surface area contributed by atoms with Crippen molar-refractivity contribution < 1.29 is 5.11 Å². The van der Waals surface area contributed by atoms with Gasteiger partial charge in [-0.15, -0.1) is 0 Å². The molecule has 3 nitrogen and oxygen atoms in total. The van der Waals surface area contributed by atoms with Gasteiger partial charge < -0.3 is 10.4 Å². The Labute approximate surface area is 113 Å². The van der Waals surface area contributed by atoms with E-state index >= 15 is 0 Å². The first-order chi connectivity index (χ1) is 9.17. The van der Waals surface area contributed by atoms with Crippen LogP contribution in [0.3, 0.4) is 0 Å². The molecule has 0 aliphatic carbocycles. The van der Waals surface area contributed by atoms with E-state index in [0.29, 0.717) is 5.56 Å². The number of nitrogens with one attached hydrogen (secondary N) is 1. The summed E-state index contributed by atoms with van der Waals surface area (Å²) >= 11 is 0. The Hall–Kier alpha value is -2.47. The van der Waals surface area contributed by atoms with E-state index in [4.69, 9.17) is 5.26 Å². The van der Waals surface area contributed by atoms with Crippen molar-refractivity contribution in [1.29, 1.82) is 5.26 Å². The van der Waals surface area contributed by atoms with Crippen molar-refractivity contribution in [3.05, 3.63) is 59.7 Å². The van der Waals surface area contributed by atoms with Gasteiger partial charge in [-0.3, -0.25) is 0 Å². The Morgan fingerprint density at radius 2 is 1.74 bits per heavy atom. The molecule has 0 aliphatic rings. The molecule has 2 N–H and O–H groups in total. The zero-order valence-corrected chi connectivity index (χ0v) is 10.8. The molecular weight excluding hydrogens is 236 g/mol. The smallest absolute Gasteiger partial charge is 0.115 e. The van der Waals surface area contributed by atoms with Gasteiger partial charge in [0.05, 0.1) is 11.6 Å². The number of phenolic OH excluding ortho intramolecular Hbond substituents is 1. The average molecular weight is 252 g/mol. The number of nitriles is 1. The molecule has 1 unspecified atom stereocenters. The van der Waals surface area contributed by atoms with Gasteiger partial charge in [-0.25, -0.2) is 0 Å². The molecule has 0 radical (unpaired) electrons. The molecule has 3 heteroatoms. The van der Waals surface area contributed by atoms with Crippen LogP contribution in [0.15, 0.2) is 48.5 Å². The van der Waals surface area contributed by atoms with Crippen LogP contribution in [-0.4, -0.2) is 11.1 Å². The Morgan fingerprint density at radius 3 is 2.32 bits per heavy atom. The highest BCUT2D eigenvalue weighted by Gasteiger charge is 2.04. The Balaban J connectivity index is 1.95. The molecule has 0 spiro atoms. The van der Waals surface area contributed by atoms with Crippen molar-refractivity contribution in [2.45, 2.75) is 19.4 Å². The first kappa shape index (κ1) is 13.0. The lowest BCUT2D eigenvalue weighted by molar-refractivity contribution is 0.475. The van der Waals surface area contributed by atoms with Gasteiger partial charge >= 0.3 is 0 Å². The van der Waals surface area contributed by atoms with Crippen LogP contribution in [0.5, 0.6) is 5.75 Å². The molecule has 0 saturated heterocycles. The minimum atomic E-state index is 0.275. The lowest BCUT2D eigenvalue weighted by atomic mass is 10.1. The SMILES string of the molecule is CC(Cc1ccc(O)cc1)Nc1ccc(C#N)cc1. The highest BCUT2D eigenvalue weighted by molar-refractivity contribution is 5.48. The lowest BCUT2D eigenvalue weighted by Gasteiger charge is -2.15. The molecule has 19 heavy (non-hydrogen) atoms. The quantitative estimate of drug-likeness (QED) is 0.877. The molecule has 1 atom stereocenters. The van der Waals surface area contributed by atoms with Gasteiger partial charge in [0.25, 0.3) is 0 Å². The third kappa shape index (κ3) is 3.75. The number of phenols is 1. The van der Waals surface area contributed by atoms with Gasteiger partial charge in [-0.05, 0) is 55.3 Å². The maximum atomic E-state index is 9.23. The minimum absolute atomic E-state index is 0.275. The van der Waals surface area contributed by atoms with Crippen LogP contribution in [-0.2, 0) is 6.42 Å². The number of anilines is 1. The Morgan fingerprint density at radius 1 is 1.11 bits per heavy atom. The number of nitrogens with zero attached hydrogens (tertiary/aromatic N) is 1. The van der Waals surface area contributed by atoms with E-state index in [1.165, 1.54) is 5.56 Å². The third-order valence-electron chi connectivity index (χ3n) is 2.91. The molecule has 0 aromatic heterocycles. The van der Waals surface area contributed by atoms with Crippen LogP contribution in [0, 0.1) is 11.3 Å². The maximum absolute atomic E-state index is 9.23. The fourth-order valence-corrected chi connectivity index (χ4v) is 1.96. The van der Waals surface area contributed by atoms with E-state index in [1.807, 2.05) is 24.3 Å². The normalized spacial score (nSPS) is 11.6. The van der Waals surface area contributed by atoms with Crippen molar-refractivity contribution in [1.82, 2.24) is 0 Å². The standard InChI is InChI=1S/C16H16N2O/c1-12(10-13-4-8-16(19)9-5-13)18-15-6-2-14(11-17)3-7-15/h2-9,12,18-19H,10H2,1H3. The van der Waals surface area contributed by atoms with Crippen LogP contribution < -0.4 is 5.32 Å². The molecule has 0 amide bonds. The molecule has 0 fully saturated rings. The summed E-state index contributed by atoms with van der Waals surface area (Å²) in [4.78, 5) is 0. The van der Waals surface area contributed by atoms with E-state index < -0.39 is 0 Å². The van der Waals surface area contributed by atoms with Crippen LogP contribution in [0.4, 0.5) is 5.69 Å². The van der Waals surface area contributed by atoms with E-state index in [0.717, 1.165) is 12.1 Å². The molecule has 2 aromatic carbocycles. The van der Waals surface area contributed by atoms with Gasteiger partial charge in [0.2, 0.25) is 0 Å². The van der Waals surface area contributed by atoms with E-state index in [-0.39, 0.29) is 11.8 Å². The fourth-order valence-electron chi connectivity index (χ4n) is 1.96. The summed E-state index contributed by atoms with van der Waals surface area (Å²) in [6.45, 7) is 2.10. The zero-order chi connectivity index (χ0) is 13.7. The second-order valence-electron chi connectivity index (χ2n) is 4.61. The third-order valence-corrected chi connectivity index (χ3v) is 2.91. The first-order valence-electron chi connectivity index (χ1n) is 6.22. The summed E-state index contributed by atoms with van der Waals surface area (Å²) in [6.07, 6.45) is 0.875. The molecule has 0 saturated carbocycles. The van der Waals surface area contributed by atoms with Gasteiger partial charge in [0.15, 0.2) is 0 Å². The molecule has 2 rings (SSSR count). The monoisotopic (exact) mass is 252 g/mol. The predicted octanol–water partition coefficient (Wildman–Crippen LogP) is 3.31.